The molecule has 1 saturated heterocycles. The van der Waals surface area contributed by atoms with E-state index in [1.54, 1.807) is 0 Å². The van der Waals surface area contributed by atoms with E-state index in [0.717, 1.165) is 23.4 Å². The van der Waals surface area contributed by atoms with Gasteiger partial charge in [0.1, 0.15) is 6.07 Å². The van der Waals surface area contributed by atoms with Gasteiger partial charge >= 0.3 is 0 Å². The van der Waals surface area contributed by atoms with E-state index in [-0.39, 0.29) is 5.41 Å². The van der Waals surface area contributed by atoms with Gasteiger partial charge in [0.15, 0.2) is 0 Å². The van der Waals surface area contributed by atoms with Crippen LogP contribution in [0.5, 0.6) is 0 Å². The normalized spacial score (nSPS) is 17.2. The molecule has 0 aromatic carbocycles. The Kier molecular flexibility index (Phi) is 4.21. The number of nitrogens with zero attached hydrogens (tertiary/aromatic N) is 3. The van der Waals surface area contributed by atoms with Crippen LogP contribution >= 0.6 is 0 Å². The van der Waals surface area contributed by atoms with Crippen LogP contribution in [0, 0.1) is 11.3 Å². The van der Waals surface area contributed by atoms with Crippen LogP contribution in [0.1, 0.15) is 56.9 Å². The number of pyridine rings is 1. The predicted molar refractivity (Wildman–Crippen MR) is 76.8 cm³/mol. The second-order valence-corrected chi connectivity index (χ2v) is 6.44. The van der Waals surface area contributed by atoms with Crippen molar-refractivity contribution in [3.63, 3.8) is 0 Å². The molecule has 0 bridgehead atoms. The molecule has 19 heavy (non-hydrogen) atoms. The topological polar surface area (TPSA) is 39.9 Å². The van der Waals surface area contributed by atoms with Crippen LogP contribution in [-0.2, 0) is 12.0 Å². The number of piperidine rings is 1. The zero-order chi connectivity index (χ0) is 13.9. The Hall–Kier alpha value is -1.40. The SMILES string of the molecule is CC(C)(C)c1ncc(CN2CCCCC2)cc1C#N. The molecule has 3 nitrogen and oxygen atoms in total. The van der Waals surface area contributed by atoms with Gasteiger partial charge in [-0.3, -0.25) is 9.88 Å². The molecule has 0 unspecified atom stereocenters. The summed E-state index contributed by atoms with van der Waals surface area (Å²) < 4.78 is 0. The van der Waals surface area contributed by atoms with Crippen LogP contribution in [0.2, 0.25) is 0 Å². The van der Waals surface area contributed by atoms with Gasteiger partial charge in [0.05, 0.1) is 11.3 Å². The molecule has 1 aliphatic heterocycles. The fraction of sp³-hybridized carbons (Fsp3) is 0.625. The van der Waals surface area contributed by atoms with Gasteiger partial charge in [-0.05, 0) is 37.6 Å². The lowest BCUT2D eigenvalue weighted by Gasteiger charge is -2.27. The highest BCUT2D eigenvalue weighted by atomic mass is 15.1. The van der Waals surface area contributed by atoms with Crippen molar-refractivity contribution in [1.29, 1.82) is 5.26 Å². The van der Waals surface area contributed by atoms with E-state index in [1.807, 2.05) is 12.3 Å². The molecule has 0 radical (unpaired) electrons. The van der Waals surface area contributed by atoms with Crippen molar-refractivity contribution < 1.29 is 0 Å². The molecule has 2 heterocycles. The summed E-state index contributed by atoms with van der Waals surface area (Å²) in [5.74, 6) is 0. The van der Waals surface area contributed by atoms with E-state index in [4.69, 9.17) is 0 Å². The minimum absolute atomic E-state index is 0.0747. The lowest BCUT2D eigenvalue weighted by atomic mass is 9.88. The van der Waals surface area contributed by atoms with E-state index in [9.17, 15) is 5.26 Å². The molecular formula is C16H23N3. The first-order chi connectivity index (χ1) is 9.00. The van der Waals surface area contributed by atoms with Gasteiger partial charge in [-0.2, -0.15) is 5.26 Å². The Morgan fingerprint density at radius 1 is 1.26 bits per heavy atom. The Labute approximate surface area is 116 Å². The van der Waals surface area contributed by atoms with Gasteiger partial charge in [-0.15, -0.1) is 0 Å². The average Bonchev–Trinajstić information content (AvgIpc) is 2.38. The molecule has 0 amide bonds. The van der Waals surface area contributed by atoms with Gasteiger partial charge in [-0.1, -0.05) is 27.2 Å². The summed E-state index contributed by atoms with van der Waals surface area (Å²) in [4.78, 5) is 6.99. The molecule has 3 heteroatoms. The number of likely N-dealkylation sites (tertiary alicyclic amines) is 1. The Balaban J connectivity index is 2.17. The first-order valence-corrected chi connectivity index (χ1v) is 7.12. The Morgan fingerprint density at radius 2 is 1.95 bits per heavy atom. The van der Waals surface area contributed by atoms with Crippen molar-refractivity contribution in [3.05, 3.63) is 29.1 Å². The minimum atomic E-state index is -0.0747. The summed E-state index contributed by atoms with van der Waals surface area (Å²) in [6, 6.07) is 4.31. The standard InChI is InChI=1S/C16H23N3/c1-16(2,3)15-14(10-17)9-13(11-18-15)12-19-7-5-4-6-8-19/h9,11H,4-8,12H2,1-3H3. The maximum atomic E-state index is 9.31. The molecule has 0 spiro atoms. The lowest BCUT2D eigenvalue weighted by molar-refractivity contribution is 0.220. The Bertz CT molecular complexity index is 474. The van der Waals surface area contributed by atoms with Crippen LogP contribution in [0.4, 0.5) is 0 Å². The summed E-state index contributed by atoms with van der Waals surface area (Å²) in [6.07, 6.45) is 5.87. The summed E-state index contributed by atoms with van der Waals surface area (Å²) in [5, 5.41) is 9.31. The highest BCUT2D eigenvalue weighted by Gasteiger charge is 2.20. The van der Waals surface area contributed by atoms with Crippen molar-refractivity contribution in [1.82, 2.24) is 9.88 Å². The predicted octanol–water partition coefficient (Wildman–Crippen LogP) is 3.24. The smallest absolute Gasteiger partial charge is 0.101 e. The zero-order valence-electron chi connectivity index (χ0n) is 12.2. The number of aromatic nitrogens is 1. The number of hydrogen-bond donors (Lipinski definition) is 0. The summed E-state index contributed by atoms with van der Waals surface area (Å²) in [5.41, 5.74) is 2.71. The van der Waals surface area contributed by atoms with E-state index < -0.39 is 0 Å². The maximum absolute atomic E-state index is 9.31. The second kappa shape index (κ2) is 5.71. The van der Waals surface area contributed by atoms with Crippen molar-refractivity contribution in [2.45, 2.75) is 52.0 Å². The highest BCUT2D eigenvalue weighted by molar-refractivity contribution is 5.39. The van der Waals surface area contributed by atoms with Crippen molar-refractivity contribution >= 4 is 0 Å². The van der Waals surface area contributed by atoms with Crippen LogP contribution in [0.3, 0.4) is 0 Å². The monoisotopic (exact) mass is 257 g/mol. The Morgan fingerprint density at radius 3 is 2.53 bits per heavy atom. The van der Waals surface area contributed by atoms with E-state index >= 15 is 0 Å². The quantitative estimate of drug-likeness (QED) is 0.816. The fourth-order valence-electron chi connectivity index (χ4n) is 2.65. The third kappa shape index (κ3) is 3.54. The maximum Gasteiger partial charge on any atom is 0.101 e. The fourth-order valence-corrected chi connectivity index (χ4v) is 2.65. The molecule has 1 aliphatic rings. The number of nitriles is 1. The molecule has 2 rings (SSSR count). The molecular weight excluding hydrogens is 234 g/mol. The molecule has 0 saturated carbocycles. The van der Waals surface area contributed by atoms with E-state index in [2.05, 4.69) is 36.7 Å². The van der Waals surface area contributed by atoms with Gasteiger partial charge in [-0.25, -0.2) is 0 Å². The average molecular weight is 257 g/mol. The molecule has 0 N–H and O–H groups in total. The molecule has 1 fully saturated rings. The summed E-state index contributed by atoms with van der Waals surface area (Å²) in [7, 11) is 0. The van der Waals surface area contributed by atoms with Gasteiger partial charge in [0.2, 0.25) is 0 Å². The molecule has 0 atom stereocenters. The summed E-state index contributed by atoms with van der Waals surface area (Å²) >= 11 is 0. The van der Waals surface area contributed by atoms with Crippen molar-refractivity contribution in [2.75, 3.05) is 13.1 Å². The largest absolute Gasteiger partial charge is 0.299 e. The van der Waals surface area contributed by atoms with Crippen molar-refractivity contribution in [3.8, 4) is 6.07 Å². The summed E-state index contributed by atoms with van der Waals surface area (Å²) in [6.45, 7) is 9.55. The lowest BCUT2D eigenvalue weighted by Crippen LogP contribution is -2.29. The van der Waals surface area contributed by atoms with Gasteiger partial charge in [0.25, 0.3) is 0 Å². The highest BCUT2D eigenvalue weighted by Crippen LogP contribution is 2.24. The zero-order valence-corrected chi connectivity index (χ0v) is 12.2. The molecule has 1 aromatic rings. The van der Waals surface area contributed by atoms with Gasteiger partial charge < -0.3 is 0 Å². The van der Waals surface area contributed by atoms with Crippen LogP contribution in [0.25, 0.3) is 0 Å². The van der Waals surface area contributed by atoms with E-state index in [1.165, 1.54) is 32.4 Å². The van der Waals surface area contributed by atoms with Crippen LogP contribution < -0.4 is 0 Å². The van der Waals surface area contributed by atoms with Crippen molar-refractivity contribution in [2.24, 2.45) is 0 Å². The second-order valence-electron chi connectivity index (χ2n) is 6.44. The minimum Gasteiger partial charge on any atom is -0.299 e. The first-order valence-electron chi connectivity index (χ1n) is 7.12. The first kappa shape index (κ1) is 14.0. The van der Waals surface area contributed by atoms with Crippen LogP contribution in [0.15, 0.2) is 12.3 Å². The van der Waals surface area contributed by atoms with Crippen LogP contribution in [-0.4, -0.2) is 23.0 Å². The third-order valence-corrected chi connectivity index (χ3v) is 3.63. The third-order valence-electron chi connectivity index (χ3n) is 3.63. The molecule has 102 valence electrons. The number of rotatable bonds is 2. The van der Waals surface area contributed by atoms with Gasteiger partial charge in [0, 0.05) is 18.2 Å². The number of hydrogen-bond acceptors (Lipinski definition) is 3. The molecule has 1 aromatic heterocycles. The molecule has 0 aliphatic carbocycles. The van der Waals surface area contributed by atoms with E-state index in [0.29, 0.717) is 0 Å².